The number of halogens is 1. The molecular weight excluding hydrogens is 397 g/mol. The van der Waals surface area contributed by atoms with Crippen LogP contribution in [0.2, 0.25) is 0 Å². The molecule has 2 N–H and O–H groups in total. The van der Waals surface area contributed by atoms with Crippen LogP contribution < -0.4 is 10.6 Å². The molecule has 0 bridgehead atoms. The van der Waals surface area contributed by atoms with Crippen molar-refractivity contribution < 1.29 is 8.42 Å². The largest absolute Gasteiger partial charge is 0.356 e. The Hall–Kier alpha value is 0.300. The van der Waals surface area contributed by atoms with E-state index in [-0.39, 0.29) is 41.5 Å². The summed E-state index contributed by atoms with van der Waals surface area (Å²) in [6.45, 7) is 0.875. The van der Waals surface area contributed by atoms with Crippen molar-refractivity contribution in [2.45, 2.75) is 25.3 Å². The Bertz CT molecular complexity index is 374. The summed E-state index contributed by atoms with van der Waals surface area (Å²) in [5, 5.41) is 6.38. The molecule has 1 heterocycles. The third-order valence-electron chi connectivity index (χ3n) is 2.86. The number of sulfone groups is 1. The Balaban J connectivity index is 0.00000324. The second-order valence-electron chi connectivity index (χ2n) is 4.44. The summed E-state index contributed by atoms with van der Waals surface area (Å²) in [6.07, 6.45) is 5.07. The van der Waals surface area contributed by atoms with E-state index >= 15 is 0 Å². The smallest absolute Gasteiger partial charge is 0.191 e. The van der Waals surface area contributed by atoms with Gasteiger partial charge < -0.3 is 10.6 Å². The summed E-state index contributed by atoms with van der Waals surface area (Å²) in [4.78, 5) is 4.11. The minimum absolute atomic E-state index is 0. The van der Waals surface area contributed by atoms with Crippen LogP contribution in [-0.2, 0) is 9.84 Å². The standard InChI is InChI=1S/C11H23N3O2S2.HI/c1-12-11(13-6-3-4-7-17-2)14-10-5-8-18(15,16)9-10;/h10H,3-9H2,1-2H3,(H2,12,13,14);1H. The topological polar surface area (TPSA) is 70.6 Å². The number of thioether (sulfide) groups is 1. The molecule has 1 fully saturated rings. The molecule has 114 valence electrons. The second-order valence-corrected chi connectivity index (χ2v) is 7.66. The van der Waals surface area contributed by atoms with E-state index in [2.05, 4.69) is 21.9 Å². The predicted octanol–water partition coefficient (Wildman–Crippen LogP) is 1.10. The first-order chi connectivity index (χ1) is 8.57. The Morgan fingerprint density at radius 2 is 2.16 bits per heavy atom. The highest BCUT2D eigenvalue weighted by Crippen LogP contribution is 2.10. The number of hydrogen-bond donors (Lipinski definition) is 2. The lowest BCUT2D eigenvalue weighted by Crippen LogP contribution is -2.44. The Morgan fingerprint density at radius 3 is 2.68 bits per heavy atom. The maximum absolute atomic E-state index is 11.3. The molecule has 0 spiro atoms. The van der Waals surface area contributed by atoms with E-state index in [4.69, 9.17) is 0 Å². The van der Waals surface area contributed by atoms with Crippen LogP contribution in [0.1, 0.15) is 19.3 Å². The molecule has 0 aromatic carbocycles. The van der Waals surface area contributed by atoms with Crippen LogP contribution in [-0.4, -0.2) is 57.5 Å². The lowest BCUT2D eigenvalue weighted by atomic mass is 10.3. The van der Waals surface area contributed by atoms with Crippen molar-refractivity contribution in [1.82, 2.24) is 10.6 Å². The summed E-state index contributed by atoms with van der Waals surface area (Å²) < 4.78 is 22.7. The summed E-state index contributed by atoms with van der Waals surface area (Å²) in [6, 6.07) is 0.00685. The zero-order valence-electron chi connectivity index (χ0n) is 11.5. The van der Waals surface area contributed by atoms with Crippen LogP contribution in [0, 0.1) is 0 Å². The molecule has 19 heavy (non-hydrogen) atoms. The van der Waals surface area contributed by atoms with E-state index in [1.807, 2.05) is 11.8 Å². The lowest BCUT2D eigenvalue weighted by Gasteiger charge is -2.15. The van der Waals surface area contributed by atoms with Crippen LogP contribution in [0.25, 0.3) is 0 Å². The number of guanidine groups is 1. The molecular formula is C11H24IN3O2S2. The molecule has 1 atom stereocenters. The van der Waals surface area contributed by atoms with Gasteiger partial charge in [-0.05, 0) is 31.3 Å². The SMILES string of the molecule is CN=C(NCCCCSC)NC1CCS(=O)(=O)C1.I. The predicted molar refractivity (Wildman–Crippen MR) is 94.6 cm³/mol. The van der Waals surface area contributed by atoms with Gasteiger partial charge in [-0.1, -0.05) is 0 Å². The molecule has 1 rings (SSSR count). The first kappa shape index (κ1) is 19.3. The van der Waals surface area contributed by atoms with Crippen LogP contribution in [0.5, 0.6) is 0 Å². The number of aliphatic imine (C=N–C) groups is 1. The highest BCUT2D eigenvalue weighted by molar-refractivity contribution is 14.0. The quantitative estimate of drug-likeness (QED) is 0.291. The van der Waals surface area contributed by atoms with Crippen molar-refractivity contribution in [3.05, 3.63) is 0 Å². The fourth-order valence-electron chi connectivity index (χ4n) is 1.88. The average Bonchev–Trinajstić information content (AvgIpc) is 2.67. The van der Waals surface area contributed by atoms with Crippen molar-refractivity contribution >= 4 is 51.5 Å². The lowest BCUT2D eigenvalue weighted by molar-refractivity contribution is 0.599. The van der Waals surface area contributed by atoms with Gasteiger partial charge in [0.2, 0.25) is 0 Å². The molecule has 1 saturated heterocycles. The molecule has 1 unspecified atom stereocenters. The third-order valence-corrected chi connectivity index (χ3v) is 5.33. The van der Waals surface area contributed by atoms with E-state index in [0.29, 0.717) is 12.4 Å². The van der Waals surface area contributed by atoms with Crippen molar-refractivity contribution in [1.29, 1.82) is 0 Å². The van der Waals surface area contributed by atoms with E-state index in [0.717, 1.165) is 13.0 Å². The average molecular weight is 421 g/mol. The first-order valence-electron chi connectivity index (χ1n) is 6.24. The number of hydrogen-bond acceptors (Lipinski definition) is 4. The maximum atomic E-state index is 11.3. The van der Waals surface area contributed by atoms with Gasteiger partial charge in [0.05, 0.1) is 11.5 Å². The van der Waals surface area contributed by atoms with Gasteiger partial charge in [-0.25, -0.2) is 8.42 Å². The van der Waals surface area contributed by atoms with Gasteiger partial charge in [-0.3, -0.25) is 4.99 Å². The first-order valence-corrected chi connectivity index (χ1v) is 9.45. The zero-order valence-corrected chi connectivity index (χ0v) is 15.5. The van der Waals surface area contributed by atoms with Crippen molar-refractivity contribution in [2.75, 3.05) is 37.1 Å². The molecule has 1 aliphatic rings. The fraction of sp³-hybridized carbons (Fsp3) is 0.909. The molecule has 0 amide bonds. The van der Waals surface area contributed by atoms with Crippen LogP contribution >= 0.6 is 35.7 Å². The molecule has 0 aliphatic carbocycles. The zero-order chi connectivity index (χ0) is 13.4. The van der Waals surface area contributed by atoms with Gasteiger partial charge in [0.15, 0.2) is 15.8 Å². The highest BCUT2D eigenvalue weighted by atomic mass is 127. The monoisotopic (exact) mass is 421 g/mol. The van der Waals surface area contributed by atoms with Gasteiger partial charge in [0.1, 0.15) is 0 Å². The van der Waals surface area contributed by atoms with E-state index in [9.17, 15) is 8.42 Å². The molecule has 0 radical (unpaired) electrons. The van der Waals surface area contributed by atoms with Gasteiger partial charge in [-0.15, -0.1) is 24.0 Å². The maximum Gasteiger partial charge on any atom is 0.191 e. The van der Waals surface area contributed by atoms with Crippen molar-refractivity contribution in [2.24, 2.45) is 4.99 Å². The van der Waals surface area contributed by atoms with Crippen molar-refractivity contribution in [3.8, 4) is 0 Å². The Kier molecular flexibility index (Phi) is 10.2. The minimum atomic E-state index is -2.83. The van der Waals surface area contributed by atoms with E-state index in [1.54, 1.807) is 7.05 Å². The van der Waals surface area contributed by atoms with Crippen LogP contribution in [0.3, 0.4) is 0 Å². The number of unbranched alkanes of at least 4 members (excludes halogenated alkanes) is 1. The van der Waals surface area contributed by atoms with Crippen LogP contribution in [0.15, 0.2) is 4.99 Å². The van der Waals surface area contributed by atoms with Gasteiger partial charge in [0.25, 0.3) is 0 Å². The molecule has 0 aromatic rings. The minimum Gasteiger partial charge on any atom is -0.356 e. The van der Waals surface area contributed by atoms with Crippen molar-refractivity contribution in [3.63, 3.8) is 0 Å². The Labute approximate surface area is 137 Å². The van der Waals surface area contributed by atoms with Gasteiger partial charge >= 0.3 is 0 Å². The summed E-state index contributed by atoms with van der Waals surface area (Å²) in [7, 11) is -1.12. The normalized spacial score (nSPS) is 21.8. The van der Waals surface area contributed by atoms with E-state index < -0.39 is 9.84 Å². The summed E-state index contributed by atoms with van der Waals surface area (Å²) >= 11 is 1.85. The summed E-state index contributed by atoms with van der Waals surface area (Å²) in [5.74, 6) is 2.39. The van der Waals surface area contributed by atoms with Gasteiger partial charge in [-0.2, -0.15) is 11.8 Å². The molecule has 8 heteroatoms. The second kappa shape index (κ2) is 10.1. The van der Waals surface area contributed by atoms with Crippen LogP contribution in [0.4, 0.5) is 0 Å². The Morgan fingerprint density at radius 1 is 1.42 bits per heavy atom. The summed E-state index contributed by atoms with van der Waals surface area (Å²) in [5.41, 5.74) is 0. The number of rotatable bonds is 6. The van der Waals surface area contributed by atoms with E-state index in [1.165, 1.54) is 12.2 Å². The molecule has 0 aromatic heterocycles. The molecule has 1 aliphatic heterocycles. The fourth-order valence-corrected chi connectivity index (χ4v) is 4.04. The molecule has 0 saturated carbocycles. The molecule has 5 nitrogen and oxygen atoms in total. The third kappa shape index (κ3) is 8.23. The van der Waals surface area contributed by atoms with Gasteiger partial charge in [0, 0.05) is 19.6 Å². The highest BCUT2D eigenvalue weighted by Gasteiger charge is 2.28. The number of nitrogens with one attached hydrogen (secondary N) is 2. The number of nitrogens with zero attached hydrogens (tertiary/aromatic N) is 1.